The molecule has 1 fully saturated rings. The van der Waals surface area contributed by atoms with E-state index < -0.39 is 8.18 Å². The average molecular weight is 207 g/mol. The van der Waals surface area contributed by atoms with Crippen LogP contribution in [0.5, 0.6) is 0 Å². The van der Waals surface area contributed by atoms with Crippen molar-refractivity contribution in [2.45, 2.75) is 6.10 Å². The molecular weight excluding hydrogens is 191 g/mol. The van der Waals surface area contributed by atoms with Gasteiger partial charge in [-0.25, -0.2) is 0 Å². The Bertz CT molecular complexity index is 171. The smallest absolute Gasteiger partial charge is 0.373 e. The minimum Gasteiger partial charge on any atom is -0.373 e. The van der Waals surface area contributed by atoms with Gasteiger partial charge in [0.05, 0.1) is 12.7 Å². The van der Waals surface area contributed by atoms with Crippen molar-refractivity contribution < 1.29 is 13.8 Å². The van der Waals surface area contributed by atoms with Gasteiger partial charge >= 0.3 is 8.18 Å². The minimum absolute atomic E-state index is 0.0349. The fourth-order valence-corrected chi connectivity index (χ4v) is 1.51. The predicted octanol–water partition coefficient (Wildman–Crippen LogP) is 0.210. The van der Waals surface area contributed by atoms with Gasteiger partial charge in [0.1, 0.15) is 6.61 Å². The second-order valence-electron chi connectivity index (χ2n) is 3.08. The van der Waals surface area contributed by atoms with Gasteiger partial charge in [0, 0.05) is 27.2 Å². The molecule has 2 atom stereocenters. The summed E-state index contributed by atoms with van der Waals surface area (Å²) in [6, 6.07) is 0. The van der Waals surface area contributed by atoms with Crippen LogP contribution in [-0.4, -0.2) is 51.2 Å². The first-order valence-electron chi connectivity index (χ1n) is 4.30. The zero-order valence-corrected chi connectivity index (χ0v) is 8.92. The lowest BCUT2D eigenvalue weighted by Crippen LogP contribution is -2.40. The molecule has 1 saturated heterocycles. The molecule has 1 N–H and O–H groups in total. The zero-order valence-electron chi connectivity index (χ0n) is 8.02. The van der Waals surface area contributed by atoms with E-state index in [9.17, 15) is 4.57 Å². The Morgan fingerprint density at radius 3 is 3.00 bits per heavy atom. The quantitative estimate of drug-likeness (QED) is 0.668. The van der Waals surface area contributed by atoms with Crippen molar-refractivity contribution in [3.8, 4) is 0 Å². The summed E-state index contributed by atoms with van der Waals surface area (Å²) in [6.45, 7) is 2.75. The van der Waals surface area contributed by atoms with Crippen molar-refractivity contribution >= 4 is 8.18 Å². The van der Waals surface area contributed by atoms with Crippen LogP contribution in [0.25, 0.3) is 0 Å². The van der Waals surface area contributed by atoms with E-state index in [2.05, 4.69) is 5.32 Å². The molecular formula is C7H16N2O3P+. The number of hydrogen-bond donors (Lipinski definition) is 1. The van der Waals surface area contributed by atoms with E-state index in [0.717, 1.165) is 13.1 Å². The van der Waals surface area contributed by atoms with Crippen LogP contribution >= 0.6 is 8.18 Å². The molecule has 1 aliphatic heterocycles. The van der Waals surface area contributed by atoms with Crippen molar-refractivity contribution in [1.82, 2.24) is 9.99 Å². The van der Waals surface area contributed by atoms with E-state index >= 15 is 0 Å². The molecule has 0 spiro atoms. The zero-order chi connectivity index (χ0) is 9.68. The molecule has 0 saturated carbocycles. The Morgan fingerprint density at radius 2 is 2.46 bits per heavy atom. The number of morpholine rings is 1. The largest absolute Gasteiger partial charge is 0.615 e. The Labute approximate surface area is 79.3 Å². The van der Waals surface area contributed by atoms with E-state index in [1.54, 1.807) is 18.8 Å². The molecule has 0 amide bonds. The van der Waals surface area contributed by atoms with Gasteiger partial charge in [-0.3, -0.25) is 0 Å². The van der Waals surface area contributed by atoms with Gasteiger partial charge in [-0.05, 0) is 4.57 Å². The van der Waals surface area contributed by atoms with Gasteiger partial charge in [-0.1, -0.05) is 4.67 Å². The second-order valence-corrected chi connectivity index (χ2v) is 4.61. The summed E-state index contributed by atoms with van der Waals surface area (Å²) < 4.78 is 23.2. The van der Waals surface area contributed by atoms with Crippen molar-refractivity contribution in [3.63, 3.8) is 0 Å². The number of rotatable bonds is 4. The molecule has 1 rings (SSSR count). The standard InChI is InChI=1S/C7H16N2O3P/c1-9(2)13(10)12-6-7-5-8-3-4-11-7/h7-8H,3-6H2,1-2H3/q+1. The maximum atomic E-state index is 11.2. The highest BCUT2D eigenvalue weighted by molar-refractivity contribution is 7.36. The molecule has 0 aromatic heterocycles. The molecule has 76 valence electrons. The highest BCUT2D eigenvalue weighted by atomic mass is 31.1. The van der Waals surface area contributed by atoms with E-state index in [1.165, 1.54) is 0 Å². The topological polar surface area (TPSA) is 50.8 Å². The van der Waals surface area contributed by atoms with Crippen LogP contribution < -0.4 is 5.32 Å². The molecule has 13 heavy (non-hydrogen) atoms. The number of nitrogens with zero attached hydrogens (tertiary/aromatic N) is 1. The third-order valence-electron chi connectivity index (χ3n) is 1.70. The van der Waals surface area contributed by atoms with E-state index in [0.29, 0.717) is 13.2 Å². The SMILES string of the molecule is CN(C)[P+](=O)OCC1CNCCO1. The van der Waals surface area contributed by atoms with Gasteiger partial charge in [0.15, 0.2) is 0 Å². The molecule has 0 aliphatic carbocycles. The summed E-state index contributed by atoms with van der Waals surface area (Å²) in [6.07, 6.45) is 0.0349. The van der Waals surface area contributed by atoms with Gasteiger partial charge in [-0.15, -0.1) is 4.52 Å². The first-order chi connectivity index (χ1) is 6.20. The molecule has 1 aliphatic rings. The summed E-state index contributed by atoms with van der Waals surface area (Å²) in [4.78, 5) is 0. The Morgan fingerprint density at radius 1 is 1.69 bits per heavy atom. The monoisotopic (exact) mass is 207 g/mol. The minimum atomic E-state index is -1.69. The lowest BCUT2D eigenvalue weighted by molar-refractivity contribution is 0.000660. The highest BCUT2D eigenvalue weighted by Crippen LogP contribution is 2.24. The van der Waals surface area contributed by atoms with Crippen LogP contribution in [0.1, 0.15) is 0 Å². The lowest BCUT2D eigenvalue weighted by atomic mass is 10.3. The third kappa shape index (κ3) is 4.11. The molecule has 0 bridgehead atoms. The molecule has 1 heterocycles. The van der Waals surface area contributed by atoms with Crippen LogP contribution in [0.3, 0.4) is 0 Å². The summed E-state index contributed by atoms with van der Waals surface area (Å²) in [5, 5.41) is 3.17. The van der Waals surface area contributed by atoms with Crippen LogP contribution in [0, 0.1) is 0 Å². The van der Waals surface area contributed by atoms with Gasteiger partial charge in [-0.2, -0.15) is 0 Å². The normalized spacial score (nSPS) is 24.8. The van der Waals surface area contributed by atoms with Gasteiger partial charge in [0.25, 0.3) is 0 Å². The summed E-state index contributed by atoms with van der Waals surface area (Å²) >= 11 is 0. The third-order valence-corrected chi connectivity index (χ3v) is 2.73. The van der Waals surface area contributed by atoms with Crippen molar-refractivity contribution in [2.75, 3.05) is 40.4 Å². The van der Waals surface area contributed by atoms with E-state index in [4.69, 9.17) is 9.26 Å². The number of hydrogen-bond acceptors (Lipinski definition) is 4. The second kappa shape index (κ2) is 5.62. The maximum absolute atomic E-state index is 11.2. The molecule has 0 aromatic rings. The Hall–Kier alpha value is -0.0600. The fourth-order valence-electron chi connectivity index (χ4n) is 0.989. The fraction of sp³-hybridized carbons (Fsp3) is 1.00. The first kappa shape index (κ1) is 11.0. The molecule has 5 nitrogen and oxygen atoms in total. The number of ether oxygens (including phenoxy) is 1. The summed E-state index contributed by atoms with van der Waals surface area (Å²) in [5.41, 5.74) is 0. The molecule has 0 radical (unpaired) electrons. The summed E-state index contributed by atoms with van der Waals surface area (Å²) in [7, 11) is 1.75. The van der Waals surface area contributed by atoms with Crippen LogP contribution in [0.15, 0.2) is 0 Å². The Kier molecular flexibility index (Phi) is 4.77. The van der Waals surface area contributed by atoms with Crippen molar-refractivity contribution in [3.05, 3.63) is 0 Å². The molecule has 2 unspecified atom stereocenters. The van der Waals surface area contributed by atoms with Crippen LogP contribution in [0.4, 0.5) is 0 Å². The Balaban J connectivity index is 2.13. The predicted molar refractivity (Wildman–Crippen MR) is 49.9 cm³/mol. The summed E-state index contributed by atoms with van der Waals surface area (Å²) in [5.74, 6) is 0. The van der Waals surface area contributed by atoms with Crippen molar-refractivity contribution in [2.24, 2.45) is 0 Å². The van der Waals surface area contributed by atoms with Crippen LogP contribution in [0.2, 0.25) is 0 Å². The molecule has 0 aromatic carbocycles. The highest BCUT2D eigenvalue weighted by Gasteiger charge is 2.25. The first-order valence-corrected chi connectivity index (χ1v) is 5.43. The van der Waals surface area contributed by atoms with E-state index in [1.807, 2.05) is 0 Å². The number of nitrogens with one attached hydrogen (secondary N) is 1. The lowest BCUT2D eigenvalue weighted by Gasteiger charge is -2.21. The van der Waals surface area contributed by atoms with Gasteiger partial charge in [0.2, 0.25) is 0 Å². The van der Waals surface area contributed by atoms with E-state index in [-0.39, 0.29) is 6.10 Å². The average Bonchev–Trinajstić information content (AvgIpc) is 2.15. The van der Waals surface area contributed by atoms with Crippen molar-refractivity contribution in [1.29, 1.82) is 0 Å². The molecule has 6 heteroatoms. The van der Waals surface area contributed by atoms with Gasteiger partial charge < -0.3 is 10.1 Å². The maximum Gasteiger partial charge on any atom is 0.615 e. The van der Waals surface area contributed by atoms with Crippen LogP contribution in [-0.2, 0) is 13.8 Å².